The zero-order chi connectivity index (χ0) is 16.0. The third kappa shape index (κ3) is 2.41. The summed E-state index contributed by atoms with van der Waals surface area (Å²) in [4.78, 5) is 21.7. The Morgan fingerprint density at radius 1 is 1.10 bits per heavy atom. The van der Waals surface area contributed by atoms with Crippen LogP contribution < -0.4 is 5.73 Å². The number of carbonyl (C=O) groups is 2. The third-order valence-electron chi connectivity index (χ3n) is 3.30. The van der Waals surface area contributed by atoms with Crippen molar-refractivity contribution in [3.63, 3.8) is 0 Å². The zero-order valence-corrected chi connectivity index (χ0v) is 11.3. The van der Waals surface area contributed by atoms with E-state index in [2.05, 4.69) is 0 Å². The van der Waals surface area contributed by atoms with Gasteiger partial charge in [0.15, 0.2) is 0 Å². The number of benzene rings is 1. The lowest BCUT2D eigenvalue weighted by Gasteiger charge is -2.14. The van der Waals surface area contributed by atoms with Crippen LogP contribution in [0.5, 0.6) is 0 Å². The third-order valence-corrected chi connectivity index (χ3v) is 4.88. The smallest absolute Gasteiger partial charge is 0.363 e. The zero-order valence-electron chi connectivity index (χ0n) is 10.5. The van der Waals surface area contributed by atoms with E-state index in [1.807, 2.05) is 0 Å². The summed E-state index contributed by atoms with van der Waals surface area (Å²) in [5, 5.41) is 0. The molecule has 1 aliphatic rings. The molecule has 21 heavy (non-hydrogen) atoms. The van der Waals surface area contributed by atoms with Crippen molar-refractivity contribution in [2.75, 3.05) is 0 Å². The first-order valence-electron chi connectivity index (χ1n) is 5.87. The number of Topliss-reactive ketones (excluding diaryl/α,β-unsaturated/α-hetero) is 1. The minimum Gasteiger partial charge on any atom is -0.363 e. The van der Waals surface area contributed by atoms with Crippen LogP contribution in [0.2, 0.25) is 0 Å². The first kappa shape index (κ1) is 15.5. The van der Waals surface area contributed by atoms with Crippen molar-refractivity contribution in [2.45, 2.75) is 29.7 Å². The average molecular weight is 321 g/mol. The summed E-state index contributed by atoms with van der Waals surface area (Å²) in [6.07, 6.45) is 0.726. The van der Waals surface area contributed by atoms with Gasteiger partial charge < -0.3 is 5.73 Å². The molecule has 114 valence electrons. The molecular weight excluding hydrogens is 311 g/mol. The fraction of sp³-hybridized carbons (Fsp3) is 0.333. The van der Waals surface area contributed by atoms with Crippen molar-refractivity contribution in [2.24, 2.45) is 5.73 Å². The van der Waals surface area contributed by atoms with Gasteiger partial charge in [0.2, 0.25) is 5.78 Å². The van der Waals surface area contributed by atoms with Crippen LogP contribution in [0.25, 0.3) is 0 Å². The Labute approximate surface area is 117 Å². The topological polar surface area (TPSA) is 94.3 Å². The van der Waals surface area contributed by atoms with Crippen LogP contribution in [0.4, 0.5) is 13.2 Å². The largest absolute Gasteiger partial charge is 0.501 e. The molecule has 2 N–H and O–H groups in total. The van der Waals surface area contributed by atoms with E-state index in [1.165, 1.54) is 0 Å². The number of ketones is 1. The van der Waals surface area contributed by atoms with Gasteiger partial charge in [0.05, 0.1) is 4.90 Å². The standard InChI is InChI=1S/C12H10F3NO4S/c13-12(14,15)21(19,20)9-5-4-8(10(17)11(16)18)6-2-1-3-7(6)9/h4-5H,1-3H2,(H2,16,18). The Balaban J connectivity index is 2.68. The van der Waals surface area contributed by atoms with Crippen molar-refractivity contribution in [3.05, 3.63) is 28.8 Å². The van der Waals surface area contributed by atoms with Gasteiger partial charge in [-0.25, -0.2) is 8.42 Å². The molecule has 0 heterocycles. The summed E-state index contributed by atoms with van der Waals surface area (Å²) in [6.45, 7) is 0. The van der Waals surface area contributed by atoms with E-state index in [0.29, 0.717) is 12.5 Å². The van der Waals surface area contributed by atoms with Gasteiger partial charge in [0.1, 0.15) is 0 Å². The number of carbonyl (C=O) groups excluding carboxylic acids is 2. The molecule has 1 amide bonds. The lowest BCUT2D eigenvalue weighted by molar-refractivity contribution is -0.114. The minimum atomic E-state index is -5.49. The Morgan fingerprint density at radius 3 is 2.19 bits per heavy atom. The monoisotopic (exact) mass is 321 g/mol. The van der Waals surface area contributed by atoms with E-state index in [-0.39, 0.29) is 29.5 Å². The molecule has 0 saturated heterocycles. The molecule has 0 atom stereocenters. The lowest BCUT2D eigenvalue weighted by Crippen LogP contribution is -2.26. The number of sulfone groups is 1. The summed E-state index contributed by atoms with van der Waals surface area (Å²) in [5.41, 5.74) is -0.578. The molecule has 0 unspecified atom stereocenters. The first-order valence-corrected chi connectivity index (χ1v) is 7.36. The van der Waals surface area contributed by atoms with Crippen molar-refractivity contribution in [1.29, 1.82) is 0 Å². The molecule has 9 heteroatoms. The summed E-state index contributed by atoms with van der Waals surface area (Å²) in [7, 11) is -5.49. The van der Waals surface area contributed by atoms with Crippen LogP contribution >= 0.6 is 0 Å². The number of primary amides is 1. The van der Waals surface area contributed by atoms with Gasteiger partial charge in [0, 0.05) is 5.56 Å². The maximum Gasteiger partial charge on any atom is 0.501 e. The molecule has 0 fully saturated rings. The Kier molecular flexibility index (Phi) is 3.56. The van der Waals surface area contributed by atoms with E-state index in [1.54, 1.807) is 0 Å². The Morgan fingerprint density at radius 2 is 1.67 bits per heavy atom. The number of nitrogens with two attached hydrogens (primary N) is 1. The summed E-state index contributed by atoms with van der Waals surface area (Å²) < 4.78 is 61.0. The van der Waals surface area contributed by atoms with Crippen molar-refractivity contribution < 1.29 is 31.2 Å². The fourth-order valence-electron chi connectivity index (χ4n) is 2.39. The maximum atomic E-state index is 12.6. The Bertz CT molecular complexity index is 738. The quantitative estimate of drug-likeness (QED) is 0.667. The number of amides is 1. The second-order valence-electron chi connectivity index (χ2n) is 4.56. The summed E-state index contributed by atoms with van der Waals surface area (Å²) in [5.74, 6) is -2.28. The molecule has 0 spiro atoms. The van der Waals surface area contributed by atoms with Crippen LogP contribution in [0, 0.1) is 0 Å². The van der Waals surface area contributed by atoms with Gasteiger partial charge in [-0.05, 0) is 42.5 Å². The van der Waals surface area contributed by atoms with Crippen LogP contribution in [-0.4, -0.2) is 25.6 Å². The van der Waals surface area contributed by atoms with Gasteiger partial charge in [0.25, 0.3) is 15.7 Å². The number of fused-ring (bicyclic) bond motifs is 1. The Hall–Kier alpha value is -1.90. The number of halogens is 3. The van der Waals surface area contributed by atoms with E-state index in [0.717, 1.165) is 6.07 Å². The molecule has 0 aliphatic heterocycles. The normalized spacial score (nSPS) is 14.8. The molecule has 0 saturated carbocycles. The van der Waals surface area contributed by atoms with Crippen molar-refractivity contribution in [3.8, 4) is 0 Å². The van der Waals surface area contributed by atoms with Crippen molar-refractivity contribution in [1.82, 2.24) is 0 Å². The van der Waals surface area contributed by atoms with E-state index in [4.69, 9.17) is 5.73 Å². The molecule has 5 nitrogen and oxygen atoms in total. The maximum absolute atomic E-state index is 12.6. The van der Waals surface area contributed by atoms with E-state index < -0.39 is 31.9 Å². The summed E-state index contributed by atoms with van der Waals surface area (Å²) in [6, 6.07) is 1.62. The van der Waals surface area contributed by atoms with Crippen LogP contribution in [0.1, 0.15) is 27.9 Å². The van der Waals surface area contributed by atoms with Crippen LogP contribution in [-0.2, 0) is 27.5 Å². The van der Waals surface area contributed by atoms with Gasteiger partial charge in [-0.2, -0.15) is 13.2 Å². The van der Waals surface area contributed by atoms with Gasteiger partial charge in [-0.15, -0.1) is 0 Å². The molecule has 0 bridgehead atoms. The fourth-order valence-corrected chi connectivity index (χ4v) is 3.44. The van der Waals surface area contributed by atoms with E-state index in [9.17, 15) is 31.2 Å². The lowest BCUT2D eigenvalue weighted by atomic mass is 10.00. The molecule has 2 rings (SSSR count). The van der Waals surface area contributed by atoms with Gasteiger partial charge in [-0.1, -0.05) is 0 Å². The minimum absolute atomic E-state index is 0.0561. The highest BCUT2D eigenvalue weighted by molar-refractivity contribution is 7.92. The van der Waals surface area contributed by atoms with Gasteiger partial charge >= 0.3 is 5.51 Å². The molecule has 1 aliphatic carbocycles. The molecule has 0 radical (unpaired) electrons. The van der Waals surface area contributed by atoms with Gasteiger partial charge in [-0.3, -0.25) is 9.59 Å². The number of hydrogen-bond acceptors (Lipinski definition) is 4. The van der Waals surface area contributed by atoms with Crippen LogP contribution in [0.15, 0.2) is 17.0 Å². The van der Waals surface area contributed by atoms with E-state index >= 15 is 0 Å². The highest BCUT2D eigenvalue weighted by Crippen LogP contribution is 2.37. The highest BCUT2D eigenvalue weighted by atomic mass is 32.2. The second kappa shape index (κ2) is 4.83. The molecule has 0 aromatic heterocycles. The predicted octanol–water partition coefficient (Wildman–Crippen LogP) is 1.14. The van der Waals surface area contributed by atoms with Crippen molar-refractivity contribution >= 4 is 21.5 Å². The average Bonchev–Trinajstić information content (AvgIpc) is 2.83. The number of hydrogen-bond donors (Lipinski definition) is 1. The molecular formula is C12H10F3NO4S. The first-order chi connectivity index (χ1) is 9.57. The van der Waals surface area contributed by atoms with Crippen LogP contribution in [0.3, 0.4) is 0 Å². The molecule has 1 aromatic carbocycles. The summed E-state index contributed by atoms with van der Waals surface area (Å²) >= 11 is 0. The molecule has 1 aromatic rings. The highest BCUT2D eigenvalue weighted by Gasteiger charge is 2.48. The number of alkyl halides is 3. The second-order valence-corrected chi connectivity index (χ2v) is 6.47. The SMILES string of the molecule is NC(=O)C(=O)c1ccc(S(=O)(=O)C(F)(F)F)c2c1CCC2. The number of rotatable bonds is 3. The predicted molar refractivity (Wildman–Crippen MR) is 65.2 cm³/mol.